The van der Waals surface area contributed by atoms with E-state index in [1.54, 1.807) is 14.2 Å². The van der Waals surface area contributed by atoms with E-state index < -0.39 is 17.3 Å². The second-order valence-electron chi connectivity index (χ2n) is 9.04. The van der Waals surface area contributed by atoms with Gasteiger partial charge in [0.25, 0.3) is 0 Å². The van der Waals surface area contributed by atoms with Gasteiger partial charge in [0.1, 0.15) is 0 Å². The topological polar surface area (TPSA) is 77.5 Å². The SMILES string of the molecule is COc1cc2c(cc1OC)C1(OCCO1)C(C(=O)N1CCC(O)(c3ccccc3)CC1)CC2. The number of carbonyl (C=O) groups excluding carboxylic acids is 1. The quantitative estimate of drug-likeness (QED) is 0.767. The molecule has 2 aromatic carbocycles. The Morgan fingerprint density at radius 1 is 1.03 bits per heavy atom. The Labute approximate surface area is 194 Å². The largest absolute Gasteiger partial charge is 0.493 e. The van der Waals surface area contributed by atoms with E-state index in [9.17, 15) is 9.90 Å². The predicted octanol–water partition coefficient (Wildman–Crippen LogP) is 2.98. The van der Waals surface area contributed by atoms with Crippen molar-refractivity contribution in [3.05, 3.63) is 59.2 Å². The summed E-state index contributed by atoms with van der Waals surface area (Å²) in [5.74, 6) is -0.294. The van der Waals surface area contributed by atoms with Gasteiger partial charge in [0.15, 0.2) is 11.5 Å². The summed E-state index contributed by atoms with van der Waals surface area (Å²) in [7, 11) is 3.21. The van der Waals surface area contributed by atoms with Gasteiger partial charge in [-0.15, -0.1) is 0 Å². The lowest BCUT2D eigenvalue weighted by Gasteiger charge is -2.44. The molecule has 2 fully saturated rings. The number of ether oxygens (including phenoxy) is 4. The number of benzene rings is 2. The third kappa shape index (κ3) is 3.68. The fraction of sp³-hybridized carbons (Fsp3) is 0.500. The van der Waals surface area contributed by atoms with E-state index in [1.165, 1.54) is 0 Å². The second-order valence-corrected chi connectivity index (χ2v) is 9.04. The summed E-state index contributed by atoms with van der Waals surface area (Å²) < 4.78 is 23.4. The van der Waals surface area contributed by atoms with Crippen LogP contribution in [-0.2, 0) is 32.1 Å². The van der Waals surface area contributed by atoms with Gasteiger partial charge < -0.3 is 29.0 Å². The Morgan fingerprint density at radius 2 is 1.67 bits per heavy atom. The van der Waals surface area contributed by atoms with Crippen LogP contribution in [0, 0.1) is 5.92 Å². The van der Waals surface area contributed by atoms with E-state index in [1.807, 2.05) is 47.4 Å². The molecule has 1 unspecified atom stereocenters. The van der Waals surface area contributed by atoms with Crippen molar-refractivity contribution in [2.24, 2.45) is 5.92 Å². The molecule has 176 valence electrons. The zero-order chi connectivity index (χ0) is 23.1. The summed E-state index contributed by atoms with van der Waals surface area (Å²) in [4.78, 5) is 15.6. The molecule has 1 N–H and O–H groups in total. The van der Waals surface area contributed by atoms with Crippen molar-refractivity contribution >= 4 is 5.91 Å². The fourth-order valence-electron chi connectivity index (χ4n) is 5.56. The average Bonchev–Trinajstić information content (AvgIpc) is 3.34. The molecular formula is C26H31NO6. The highest BCUT2D eigenvalue weighted by molar-refractivity contribution is 5.81. The van der Waals surface area contributed by atoms with Crippen LogP contribution < -0.4 is 9.47 Å². The third-order valence-corrected chi connectivity index (χ3v) is 7.37. The van der Waals surface area contributed by atoms with Gasteiger partial charge in [-0.05, 0) is 48.9 Å². The summed E-state index contributed by atoms with van der Waals surface area (Å²) in [6.45, 7) is 1.86. The second kappa shape index (κ2) is 8.63. The first-order chi connectivity index (χ1) is 16.0. The number of likely N-dealkylation sites (tertiary alicyclic amines) is 1. The van der Waals surface area contributed by atoms with Gasteiger partial charge >= 0.3 is 0 Å². The minimum atomic E-state index is -1.11. The summed E-state index contributed by atoms with van der Waals surface area (Å²) in [5.41, 5.74) is 1.90. The molecule has 0 aromatic heterocycles. The lowest BCUT2D eigenvalue weighted by atomic mass is 9.76. The molecule has 0 bridgehead atoms. The van der Waals surface area contributed by atoms with Gasteiger partial charge in [0, 0.05) is 18.7 Å². The summed E-state index contributed by atoms with van der Waals surface area (Å²) >= 11 is 0. The first kappa shape index (κ1) is 22.2. The molecule has 5 rings (SSSR count). The highest BCUT2D eigenvalue weighted by atomic mass is 16.7. The number of amides is 1. The van der Waals surface area contributed by atoms with Crippen LogP contribution in [0.15, 0.2) is 42.5 Å². The predicted molar refractivity (Wildman–Crippen MR) is 121 cm³/mol. The minimum absolute atomic E-state index is 0.0208. The summed E-state index contributed by atoms with van der Waals surface area (Å²) in [6.07, 6.45) is 2.36. The molecule has 1 aliphatic carbocycles. The number of aliphatic hydroxyl groups is 1. The number of hydrogen-bond donors (Lipinski definition) is 1. The number of nitrogens with zero attached hydrogens (tertiary/aromatic N) is 1. The monoisotopic (exact) mass is 453 g/mol. The fourth-order valence-corrected chi connectivity index (χ4v) is 5.56. The van der Waals surface area contributed by atoms with E-state index >= 15 is 0 Å². The molecule has 7 heteroatoms. The molecule has 1 amide bonds. The molecule has 2 saturated heterocycles. The van der Waals surface area contributed by atoms with E-state index in [-0.39, 0.29) is 5.91 Å². The Hall–Kier alpha value is -2.61. The standard InChI is InChI=1S/C26H31NO6/c1-30-22-16-18-8-9-20(26(32-14-15-33-26)21(18)17-23(22)31-2)24(28)27-12-10-25(29,11-13-27)19-6-4-3-5-7-19/h3-7,16-17,20,29H,8-15H2,1-2H3. The van der Waals surface area contributed by atoms with Crippen LogP contribution in [0.25, 0.3) is 0 Å². The van der Waals surface area contributed by atoms with Crippen LogP contribution >= 0.6 is 0 Å². The Balaban J connectivity index is 1.40. The van der Waals surface area contributed by atoms with Crippen LogP contribution in [0.2, 0.25) is 0 Å². The van der Waals surface area contributed by atoms with Gasteiger partial charge in [-0.25, -0.2) is 0 Å². The van der Waals surface area contributed by atoms with Crippen molar-refractivity contribution in [3.8, 4) is 11.5 Å². The van der Waals surface area contributed by atoms with Crippen molar-refractivity contribution in [2.45, 2.75) is 37.1 Å². The number of methoxy groups -OCH3 is 2. The maximum atomic E-state index is 13.8. The average molecular weight is 454 g/mol. The highest BCUT2D eigenvalue weighted by Crippen LogP contribution is 2.50. The van der Waals surface area contributed by atoms with Crippen molar-refractivity contribution in [2.75, 3.05) is 40.5 Å². The van der Waals surface area contributed by atoms with Gasteiger partial charge in [-0.3, -0.25) is 4.79 Å². The molecule has 33 heavy (non-hydrogen) atoms. The van der Waals surface area contributed by atoms with Crippen LogP contribution in [0.1, 0.15) is 36.0 Å². The summed E-state index contributed by atoms with van der Waals surface area (Å²) in [5, 5.41) is 11.2. The van der Waals surface area contributed by atoms with E-state index in [0.717, 1.165) is 23.1 Å². The zero-order valence-electron chi connectivity index (χ0n) is 19.2. The lowest BCUT2D eigenvalue weighted by Crippen LogP contribution is -2.53. The number of piperidine rings is 1. The van der Waals surface area contributed by atoms with Crippen molar-refractivity contribution in [1.29, 1.82) is 0 Å². The summed E-state index contributed by atoms with van der Waals surface area (Å²) in [6, 6.07) is 13.6. The molecule has 0 radical (unpaired) electrons. The smallest absolute Gasteiger partial charge is 0.231 e. The van der Waals surface area contributed by atoms with Gasteiger partial charge in [-0.2, -0.15) is 0 Å². The number of aryl methyl sites for hydroxylation is 1. The Morgan fingerprint density at radius 3 is 2.30 bits per heavy atom. The van der Waals surface area contributed by atoms with Crippen LogP contribution in [0.3, 0.4) is 0 Å². The Bertz CT molecular complexity index is 1010. The maximum absolute atomic E-state index is 13.8. The lowest BCUT2D eigenvalue weighted by molar-refractivity contribution is -0.217. The van der Waals surface area contributed by atoms with Crippen molar-refractivity contribution in [1.82, 2.24) is 4.90 Å². The number of carbonyl (C=O) groups is 1. The number of fused-ring (bicyclic) bond motifs is 2. The first-order valence-electron chi connectivity index (χ1n) is 11.6. The number of rotatable bonds is 4. The first-order valence-corrected chi connectivity index (χ1v) is 11.6. The molecule has 1 spiro atoms. The van der Waals surface area contributed by atoms with Crippen molar-refractivity contribution in [3.63, 3.8) is 0 Å². The molecule has 3 aliphatic rings. The van der Waals surface area contributed by atoms with Crippen LogP contribution in [-0.4, -0.2) is 56.4 Å². The van der Waals surface area contributed by atoms with Gasteiger partial charge in [0.05, 0.1) is 39.0 Å². The van der Waals surface area contributed by atoms with Gasteiger partial charge in [-0.1, -0.05) is 30.3 Å². The van der Waals surface area contributed by atoms with E-state index in [2.05, 4.69) is 0 Å². The molecule has 0 saturated carbocycles. The normalized spacial score (nSPS) is 23.2. The molecule has 2 aromatic rings. The van der Waals surface area contributed by atoms with Crippen molar-refractivity contribution < 1.29 is 28.8 Å². The van der Waals surface area contributed by atoms with Crippen LogP contribution in [0.4, 0.5) is 0 Å². The molecule has 7 nitrogen and oxygen atoms in total. The third-order valence-electron chi connectivity index (χ3n) is 7.37. The zero-order valence-corrected chi connectivity index (χ0v) is 19.2. The van der Waals surface area contributed by atoms with E-state index in [4.69, 9.17) is 18.9 Å². The van der Waals surface area contributed by atoms with Gasteiger partial charge in [0.2, 0.25) is 11.7 Å². The number of hydrogen-bond acceptors (Lipinski definition) is 6. The highest BCUT2D eigenvalue weighted by Gasteiger charge is 2.54. The van der Waals surface area contributed by atoms with E-state index in [0.29, 0.717) is 57.1 Å². The molecular weight excluding hydrogens is 422 g/mol. The molecule has 2 heterocycles. The maximum Gasteiger partial charge on any atom is 0.231 e. The Kier molecular flexibility index (Phi) is 5.80. The molecule has 2 aliphatic heterocycles. The van der Waals surface area contributed by atoms with Crippen LogP contribution in [0.5, 0.6) is 11.5 Å². The molecule has 1 atom stereocenters. The minimum Gasteiger partial charge on any atom is -0.493 e.